The molecule has 110 valence electrons. The minimum Gasteiger partial charge on any atom is -0.480 e. The number of nitrogens with two attached hydrogens (primary N) is 1. The van der Waals surface area contributed by atoms with E-state index in [0.29, 0.717) is 5.92 Å². The zero-order valence-electron chi connectivity index (χ0n) is 11.8. The number of carbonyl (C=O) groups excluding carboxylic acids is 2. The number of rotatable bonds is 7. The molecule has 0 rings (SSSR count). The molecule has 19 heavy (non-hydrogen) atoms. The molecule has 2 atom stereocenters. The van der Waals surface area contributed by atoms with Gasteiger partial charge in [-0.25, -0.2) is 9.59 Å². The highest BCUT2D eigenvalue weighted by Crippen LogP contribution is 2.09. The molecule has 0 aromatic carbocycles. The maximum atomic E-state index is 11.9. The van der Waals surface area contributed by atoms with Crippen LogP contribution in [-0.2, 0) is 9.59 Å². The summed E-state index contributed by atoms with van der Waals surface area (Å²) in [7, 11) is 1.59. The van der Waals surface area contributed by atoms with Crippen LogP contribution in [-0.4, -0.2) is 47.0 Å². The largest absolute Gasteiger partial charge is 0.480 e. The Labute approximate surface area is 113 Å². The van der Waals surface area contributed by atoms with Crippen molar-refractivity contribution in [2.75, 3.05) is 7.05 Å². The van der Waals surface area contributed by atoms with Gasteiger partial charge in [0.2, 0.25) is 5.91 Å². The Hall–Kier alpha value is -1.79. The van der Waals surface area contributed by atoms with Crippen molar-refractivity contribution in [1.29, 1.82) is 0 Å². The topological polar surface area (TPSA) is 113 Å². The van der Waals surface area contributed by atoms with E-state index in [0.717, 1.165) is 6.42 Å². The van der Waals surface area contributed by atoms with Crippen molar-refractivity contribution in [3.05, 3.63) is 0 Å². The molecule has 0 aromatic heterocycles. The van der Waals surface area contributed by atoms with Crippen LogP contribution in [0.15, 0.2) is 0 Å². The molecule has 0 fully saturated rings. The van der Waals surface area contributed by atoms with Crippen LogP contribution in [0.1, 0.15) is 33.6 Å². The molecule has 0 aliphatic heterocycles. The van der Waals surface area contributed by atoms with Gasteiger partial charge in [-0.2, -0.15) is 0 Å². The Morgan fingerprint density at radius 3 is 2.16 bits per heavy atom. The molecule has 4 N–H and O–H groups in total. The van der Waals surface area contributed by atoms with E-state index >= 15 is 0 Å². The van der Waals surface area contributed by atoms with Gasteiger partial charge in [0.15, 0.2) is 0 Å². The summed E-state index contributed by atoms with van der Waals surface area (Å²) in [6, 6.07) is -1.84. The van der Waals surface area contributed by atoms with Gasteiger partial charge in [-0.05, 0) is 19.3 Å². The van der Waals surface area contributed by atoms with Crippen molar-refractivity contribution in [3.63, 3.8) is 0 Å². The average Bonchev–Trinajstić information content (AvgIpc) is 2.25. The highest BCUT2D eigenvalue weighted by Gasteiger charge is 2.25. The van der Waals surface area contributed by atoms with Crippen molar-refractivity contribution >= 4 is 17.9 Å². The molecule has 7 heteroatoms. The van der Waals surface area contributed by atoms with Gasteiger partial charge in [0.05, 0.1) is 6.42 Å². The lowest BCUT2D eigenvalue weighted by atomic mass is 10.0. The number of carboxylic acid groups (broad SMARTS) is 1. The minimum absolute atomic E-state index is 0.0250. The van der Waals surface area contributed by atoms with Gasteiger partial charge in [-0.3, -0.25) is 4.79 Å². The van der Waals surface area contributed by atoms with Crippen molar-refractivity contribution in [1.82, 2.24) is 10.2 Å². The molecule has 0 saturated carbocycles. The zero-order valence-corrected chi connectivity index (χ0v) is 11.8. The summed E-state index contributed by atoms with van der Waals surface area (Å²) in [6.07, 6.45) is 0.380. The maximum Gasteiger partial charge on any atom is 0.326 e. The fourth-order valence-electron chi connectivity index (χ4n) is 1.69. The van der Waals surface area contributed by atoms with Crippen LogP contribution < -0.4 is 11.1 Å². The third kappa shape index (κ3) is 6.64. The number of hydrogen-bond acceptors (Lipinski definition) is 3. The number of hydrogen-bond donors (Lipinski definition) is 3. The van der Waals surface area contributed by atoms with Crippen LogP contribution in [0.4, 0.5) is 4.79 Å². The second-order valence-electron chi connectivity index (χ2n) is 5.10. The summed E-state index contributed by atoms with van der Waals surface area (Å²) in [5, 5.41) is 11.2. The van der Waals surface area contributed by atoms with E-state index in [9.17, 15) is 14.4 Å². The fraction of sp³-hybridized carbons (Fsp3) is 0.750. The SMILES string of the molecule is CC(C)CC(C)N(C)C(=O)N[C@H](CC(N)=O)C(=O)O. The van der Waals surface area contributed by atoms with Crippen LogP contribution in [0.5, 0.6) is 0 Å². The Kier molecular flexibility index (Phi) is 6.89. The summed E-state index contributed by atoms with van der Waals surface area (Å²) in [5.74, 6) is -1.63. The molecule has 0 heterocycles. The van der Waals surface area contributed by atoms with E-state index in [1.165, 1.54) is 4.90 Å². The first-order valence-electron chi connectivity index (χ1n) is 6.19. The van der Waals surface area contributed by atoms with Gasteiger partial charge in [0, 0.05) is 13.1 Å². The minimum atomic E-state index is -1.29. The lowest BCUT2D eigenvalue weighted by Gasteiger charge is -2.27. The predicted molar refractivity (Wildman–Crippen MR) is 70.4 cm³/mol. The Bertz CT molecular complexity index is 344. The number of carboxylic acids is 1. The normalized spacial score (nSPS) is 13.7. The molecule has 1 unspecified atom stereocenters. The standard InChI is InChI=1S/C12H23N3O4/c1-7(2)5-8(3)15(4)12(19)14-9(11(17)18)6-10(13)16/h7-9H,5-6H2,1-4H3,(H2,13,16)(H,14,19)(H,17,18)/t8?,9-/m1/s1. The first-order valence-corrected chi connectivity index (χ1v) is 6.19. The van der Waals surface area contributed by atoms with Gasteiger partial charge in [-0.15, -0.1) is 0 Å². The molecule has 7 nitrogen and oxygen atoms in total. The molecule has 0 saturated heterocycles. The van der Waals surface area contributed by atoms with Gasteiger partial charge >= 0.3 is 12.0 Å². The lowest BCUT2D eigenvalue weighted by molar-refractivity contribution is -0.141. The molecule has 0 bridgehead atoms. The highest BCUT2D eigenvalue weighted by atomic mass is 16.4. The quantitative estimate of drug-likeness (QED) is 0.622. The third-order valence-corrected chi connectivity index (χ3v) is 2.80. The maximum absolute atomic E-state index is 11.9. The zero-order chi connectivity index (χ0) is 15.2. The van der Waals surface area contributed by atoms with Gasteiger partial charge in [-0.1, -0.05) is 13.8 Å². The Balaban J connectivity index is 4.54. The second kappa shape index (κ2) is 7.60. The summed E-state index contributed by atoms with van der Waals surface area (Å²) < 4.78 is 0. The Morgan fingerprint density at radius 1 is 1.26 bits per heavy atom. The van der Waals surface area contributed by atoms with E-state index < -0.39 is 30.4 Å². The van der Waals surface area contributed by atoms with E-state index in [1.807, 2.05) is 20.8 Å². The van der Waals surface area contributed by atoms with Gasteiger partial charge < -0.3 is 21.1 Å². The monoisotopic (exact) mass is 273 g/mol. The van der Waals surface area contributed by atoms with Crippen molar-refractivity contribution in [2.45, 2.75) is 45.7 Å². The van der Waals surface area contributed by atoms with Gasteiger partial charge in [0.1, 0.15) is 6.04 Å². The number of primary amides is 1. The first kappa shape index (κ1) is 17.2. The van der Waals surface area contributed by atoms with Crippen molar-refractivity contribution < 1.29 is 19.5 Å². The number of aliphatic carboxylic acids is 1. The molecular formula is C12H23N3O4. The molecule has 0 radical (unpaired) electrons. The van der Waals surface area contributed by atoms with E-state index in [1.54, 1.807) is 7.05 Å². The molecule has 0 aromatic rings. The number of urea groups is 1. The average molecular weight is 273 g/mol. The van der Waals surface area contributed by atoms with Crippen LogP contribution in [0.3, 0.4) is 0 Å². The fourth-order valence-corrected chi connectivity index (χ4v) is 1.69. The predicted octanol–water partition coefficient (Wildman–Crippen LogP) is 0.391. The van der Waals surface area contributed by atoms with Crippen LogP contribution >= 0.6 is 0 Å². The van der Waals surface area contributed by atoms with E-state index in [-0.39, 0.29) is 6.04 Å². The van der Waals surface area contributed by atoms with Gasteiger partial charge in [0.25, 0.3) is 0 Å². The highest BCUT2D eigenvalue weighted by molar-refractivity contribution is 5.87. The number of amides is 3. The molecule has 0 spiro atoms. The molecule has 3 amide bonds. The number of nitrogens with one attached hydrogen (secondary N) is 1. The third-order valence-electron chi connectivity index (χ3n) is 2.80. The first-order chi connectivity index (χ1) is 8.65. The smallest absolute Gasteiger partial charge is 0.326 e. The second-order valence-corrected chi connectivity index (χ2v) is 5.10. The molecular weight excluding hydrogens is 250 g/mol. The Morgan fingerprint density at radius 2 is 1.79 bits per heavy atom. The van der Waals surface area contributed by atoms with Crippen LogP contribution in [0.2, 0.25) is 0 Å². The summed E-state index contributed by atoms with van der Waals surface area (Å²) in [5.41, 5.74) is 4.94. The van der Waals surface area contributed by atoms with E-state index in [4.69, 9.17) is 10.8 Å². The van der Waals surface area contributed by atoms with Crippen molar-refractivity contribution in [3.8, 4) is 0 Å². The molecule has 0 aliphatic rings. The van der Waals surface area contributed by atoms with E-state index in [2.05, 4.69) is 5.32 Å². The summed E-state index contributed by atoms with van der Waals surface area (Å²) >= 11 is 0. The lowest BCUT2D eigenvalue weighted by Crippen LogP contribution is -2.50. The summed E-state index contributed by atoms with van der Waals surface area (Å²) in [6.45, 7) is 5.95. The van der Waals surface area contributed by atoms with Crippen LogP contribution in [0.25, 0.3) is 0 Å². The molecule has 0 aliphatic carbocycles. The number of carbonyl (C=O) groups is 3. The summed E-state index contributed by atoms with van der Waals surface area (Å²) in [4.78, 5) is 34.9. The number of nitrogens with zero attached hydrogens (tertiary/aromatic N) is 1. The van der Waals surface area contributed by atoms with Crippen LogP contribution in [0, 0.1) is 5.92 Å². The van der Waals surface area contributed by atoms with Crippen molar-refractivity contribution in [2.24, 2.45) is 11.7 Å².